The average molecular weight is 483 g/mol. The van der Waals surface area contributed by atoms with Gasteiger partial charge in [-0.2, -0.15) is 0 Å². The first-order valence-electron chi connectivity index (χ1n) is 11.3. The SMILES string of the molecule is CC(C)(C)C(=O)OCCNC(=S)Nc1ccc(-c2nc(N3CCOCC3)c3cccn3n2)cc1. The number of ether oxygens (including phenoxy) is 2. The summed E-state index contributed by atoms with van der Waals surface area (Å²) in [6.45, 7) is 9.15. The highest BCUT2D eigenvalue weighted by atomic mass is 32.1. The van der Waals surface area contributed by atoms with Gasteiger partial charge in [0.15, 0.2) is 16.8 Å². The van der Waals surface area contributed by atoms with Crippen molar-refractivity contribution in [1.82, 2.24) is 19.9 Å². The maximum Gasteiger partial charge on any atom is 0.311 e. The quantitative estimate of drug-likeness (QED) is 0.312. The van der Waals surface area contributed by atoms with Crippen LogP contribution in [-0.4, -0.2) is 65.1 Å². The van der Waals surface area contributed by atoms with Crippen LogP contribution in [0.2, 0.25) is 0 Å². The van der Waals surface area contributed by atoms with Crippen LogP contribution in [0.5, 0.6) is 0 Å². The number of hydrogen-bond acceptors (Lipinski definition) is 7. The molecule has 0 spiro atoms. The second-order valence-corrected chi connectivity index (χ2v) is 9.45. The van der Waals surface area contributed by atoms with E-state index in [1.54, 1.807) is 0 Å². The Kier molecular flexibility index (Phi) is 7.28. The molecule has 0 bridgehead atoms. The molecule has 1 aromatic carbocycles. The lowest BCUT2D eigenvalue weighted by Crippen LogP contribution is -2.37. The Morgan fingerprint density at radius 2 is 1.91 bits per heavy atom. The lowest BCUT2D eigenvalue weighted by atomic mass is 9.97. The van der Waals surface area contributed by atoms with Crippen molar-refractivity contribution in [1.29, 1.82) is 0 Å². The van der Waals surface area contributed by atoms with Crippen molar-refractivity contribution < 1.29 is 14.3 Å². The van der Waals surface area contributed by atoms with Crippen LogP contribution >= 0.6 is 12.2 Å². The minimum atomic E-state index is -0.515. The van der Waals surface area contributed by atoms with E-state index in [-0.39, 0.29) is 12.6 Å². The molecule has 2 N–H and O–H groups in total. The number of thiocarbonyl (C=S) groups is 1. The fourth-order valence-electron chi connectivity index (χ4n) is 3.45. The number of rotatable bonds is 6. The van der Waals surface area contributed by atoms with Gasteiger partial charge in [0.25, 0.3) is 0 Å². The van der Waals surface area contributed by atoms with Gasteiger partial charge < -0.3 is 25.0 Å². The number of aromatic nitrogens is 3. The molecule has 3 heterocycles. The van der Waals surface area contributed by atoms with Crippen LogP contribution in [0, 0.1) is 5.41 Å². The summed E-state index contributed by atoms with van der Waals surface area (Å²) in [6.07, 6.45) is 1.93. The second-order valence-electron chi connectivity index (χ2n) is 9.04. The summed E-state index contributed by atoms with van der Waals surface area (Å²) in [5.74, 6) is 1.33. The maximum absolute atomic E-state index is 11.8. The summed E-state index contributed by atoms with van der Waals surface area (Å²) >= 11 is 5.34. The fraction of sp³-hybridized carbons (Fsp3) is 0.417. The number of hydrogen-bond donors (Lipinski definition) is 2. The molecule has 4 rings (SSSR count). The van der Waals surface area contributed by atoms with Crippen molar-refractivity contribution in [3.8, 4) is 11.4 Å². The van der Waals surface area contributed by atoms with Gasteiger partial charge in [-0.25, -0.2) is 9.50 Å². The summed E-state index contributed by atoms with van der Waals surface area (Å²) in [7, 11) is 0. The first-order chi connectivity index (χ1) is 16.3. The number of anilines is 2. The monoisotopic (exact) mass is 482 g/mol. The Balaban J connectivity index is 1.38. The molecule has 3 aromatic rings. The Labute approximate surface area is 204 Å². The molecule has 10 heteroatoms. The topological polar surface area (TPSA) is 93.0 Å². The predicted octanol–water partition coefficient (Wildman–Crippen LogP) is 3.11. The Morgan fingerprint density at radius 1 is 1.18 bits per heavy atom. The van der Waals surface area contributed by atoms with E-state index in [9.17, 15) is 4.79 Å². The van der Waals surface area contributed by atoms with Crippen LogP contribution < -0.4 is 15.5 Å². The van der Waals surface area contributed by atoms with E-state index in [4.69, 9.17) is 26.7 Å². The van der Waals surface area contributed by atoms with Gasteiger partial charge >= 0.3 is 5.97 Å². The molecule has 2 aromatic heterocycles. The van der Waals surface area contributed by atoms with E-state index in [0.29, 0.717) is 30.7 Å². The third kappa shape index (κ3) is 5.81. The zero-order valence-electron chi connectivity index (χ0n) is 19.7. The van der Waals surface area contributed by atoms with Gasteiger partial charge in [0.05, 0.1) is 25.2 Å². The van der Waals surface area contributed by atoms with E-state index in [1.807, 2.05) is 67.9 Å². The summed E-state index contributed by atoms with van der Waals surface area (Å²) in [6, 6.07) is 11.8. The molecule has 0 atom stereocenters. The summed E-state index contributed by atoms with van der Waals surface area (Å²) in [5.41, 5.74) is 2.21. The van der Waals surface area contributed by atoms with Crippen LogP contribution in [0.3, 0.4) is 0 Å². The summed E-state index contributed by atoms with van der Waals surface area (Å²) < 4.78 is 12.6. The highest BCUT2D eigenvalue weighted by Crippen LogP contribution is 2.25. The summed E-state index contributed by atoms with van der Waals surface area (Å²) in [4.78, 5) is 18.9. The molecule has 1 aliphatic heterocycles. The molecule has 34 heavy (non-hydrogen) atoms. The fourth-order valence-corrected chi connectivity index (χ4v) is 3.67. The van der Waals surface area contributed by atoms with Gasteiger partial charge in [0, 0.05) is 30.5 Å². The Hall–Kier alpha value is -3.24. The highest BCUT2D eigenvalue weighted by Gasteiger charge is 2.22. The molecular formula is C24H30N6O3S. The zero-order valence-corrected chi connectivity index (χ0v) is 20.5. The third-order valence-corrected chi connectivity index (χ3v) is 5.56. The van der Waals surface area contributed by atoms with Crippen molar-refractivity contribution >= 4 is 40.3 Å². The zero-order chi connectivity index (χ0) is 24.1. The lowest BCUT2D eigenvalue weighted by Gasteiger charge is -2.28. The highest BCUT2D eigenvalue weighted by molar-refractivity contribution is 7.80. The molecule has 0 amide bonds. The van der Waals surface area contributed by atoms with E-state index in [2.05, 4.69) is 20.6 Å². The smallest absolute Gasteiger partial charge is 0.311 e. The number of esters is 1. The molecule has 1 saturated heterocycles. The number of fused-ring (bicyclic) bond motifs is 1. The minimum absolute atomic E-state index is 0.235. The lowest BCUT2D eigenvalue weighted by molar-refractivity contribution is -0.152. The largest absolute Gasteiger partial charge is 0.463 e. The van der Waals surface area contributed by atoms with E-state index < -0.39 is 5.41 Å². The molecule has 0 aliphatic carbocycles. The maximum atomic E-state index is 11.8. The third-order valence-electron chi connectivity index (χ3n) is 5.32. The van der Waals surface area contributed by atoms with Crippen molar-refractivity contribution in [2.75, 3.05) is 49.7 Å². The normalized spacial score (nSPS) is 14.1. The van der Waals surface area contributed by atoms with Gasteiger partial charge in [-0.1, -0.05) is 0 Å². The Morgan fingerprint density at radius 3 is 2.62 bits per heavy atom. The number of benzene rings is 1. The van der Waals surface area contributed by atoms with Gasteiger partial charge in [-0.3, -0.25) is 4.79 Å². The molecule has 0 radical (unpaired) electrons. The van der Waals surface area contributed by atoms with Gasteiger partial charge in [-0.05, 0) is 69.4 Å². The number of carbonyl (C=O) groups excluding carboxylic acids is 1. The predicted molar refractivity (Wildman–Crippen MR) is 136 cm³/mol. The van der Waals surface area contributed by atoms with Gasteiger partial charge in [-0.15, -0.1) is 5.10 Å². The van der Waals surface area contributed by atoms with Crippen LogP contribution in [0.25, 0.3) is 16.9 Å². The number of nitrogens with zero attached hydrogens (tertiary/aromatic N) is 4. The molecular weight excluding hydrogens is 452 g/mol. The molecule has 0 saturated carbocycles. The molecule has 0 unspecified atom stereocenters. The van der Waals surface area contributed by atoms with Gasteiger partial charge in [0.1, 0.15) is 12.1 Å². The Bertz CT molecular complexity index is 1150. The second kappa shape index (κ2) is 10.4. The number of carbonyl (C=O) groups is 1. The van der Waals surface area contributed by atoms with Crippen LogP contribution in [0.15, 0.2) is 42.6 Å². The average Bonchev–Trinajstić information content (AvgIpc) is 3.30. The molecule has 180 valence electrons. The summed E-state index contributed by atoms with van der Waals surface area (Å²) in [5, 5.41) is 11.3. The molecule has 1 aliphatic rings. The molecule has 1 fully saturated rings. The van der Waals surface area contributed by atoms with E-state index in [1.165, 1.54) is 0 Å². The molecule has 9 nitrogen and oxygen atoms in total. The van der Waals surface area contributed by atoms with Crippen molar-refractivity contribution in [3.63, 3.8) is 0 Å². The number of morpholine rings is 1. The van der Waals surface area contributed by atoms with Gasteiger partial charge in [0.2, 0.25) is 0 Å². The van der Waals surface area contributed by atoms with E-state index >= 15 is 0 Å². The first-order valence-corrected chi connectivity index (χ1v) is 11.7. The van der Waals surface area contributed by atoms with Crippen LogP contribution in [0.1, 0.15) is 20.8 Å². The standard InChI is InChI=1S/C24H30N6O3S/c1-24(2,3)22(31)33-14-10-25-23(34)26-18-8-6-17(7-9-18)20-27-21(29-12-15-32-16-13-29)19-5-4-11-30(19)28-20/h4-9,11H,10,12-16H2,1-3H3,(H2,25,26,34). The van der Waals surface area contributed by atoms with Crippen molar-refractivity contribution in [2.24, 2.45) is 5.41 Å². The van der Waals surface area contributed by atoms with E-state index in [0.717, 1.165) is 35.7 Å². The minimum Gasteiger partial charge on any atom is -0.463 e. The number of nitrogens with one attached hydrogen (secondary N) is 2. The van der Waals surface area contributed by atoms with Crippen molar-refractivity contribution in [3.05, 3.63) is 42.6 Å². The van der Waals surface area contributed by atoms with Crippen LogP contribution in [0.4, 0.5) is 11.5 Å². The first kappa shape index (κ1) is 23.9. The van der Waals surface area contributed by atoms with Crippen LogP contribution in [-0.2, 0) is 14.3 Å². The van der Waals surface area contributed by atoms with Crippen molar-refractivity contribution in [2.45, 2.75) is 20.8 Å².